The average Bonchev–Trinajstić information content (AvgIpc) is 2.49. The molecule has 0 saturated carbocycles. The van der Waals surface area contributed by atoms with Gasteiger partial charge in [0.1, 0.15) is 6.04 Å². The molecule has 2 N–H and O–H groups in total. The van der Waals surface area contributed by atoms with Crippen LogP contribution in [0.15, 0.2) is 0 Å². The molecule has 144 valence electrons. The lowest BCUT2D eigenvalue weighted by atomic mass is 9.97. The van der Waals surface area contributed by atoms with E-state index in [0.29, 0.717) is 0 Å². The summed E-state index contributed by atoms with van der Waals surface area (Å²) >= 11 is 0. The zero-order chi connectivity index (χ0) is 17.9. The summed E-state index contributed by atoms with van der Waals surface area (Å²) in [5, 5.41) is 6.14. The molecule has 2 rings (SSSR count). The summed E-state index contributed by atoms with van der Waals surface area (Å²) in [7, 11) is 0. The Morgan fingerprint density at radius 3 is 2.04 bits per heavy atom. The number of hydrogen-bond acceptors (Lipinski definition) is 3. The van der Waals surface area contributed by atoms with Crippen LogP contribution in [0.2, 0.25) is 0 Å². The highest BCUT2D eigenvalue weighted by Crippen LogP contribution is 2.21. The third kappa shape index (κ3) is 6.61. The van der Waals surface area contributed by atoms with E-state index in [4.69, 9.17) is 0 Å². The second-order valence-corrected chi connectivity index (χ2v) is 7.60. The molecular formula is C20H37N3O2. The number of likely N-dealkylation sites (tertiary alicyclic amines) is 1. The second kappa shape index (κ2) is 11.5. The average molecular weight is 352 g/mol. The molecule has 0 unspecified atom stereocenters. The van der Waals surface area contributed by atoms with Crippen molar-refractivity contribution in [2.75, 3.05) is 19.6 Å². The number of carbonyl (C=O) groups is 2. The number of hydrogen-bond donors (Lipinski definition) is 2. The zero-order valence-corrected chi connectivity index (χ0v) is 16.0. The predicted octanol–water partition coefficient (Wildman–Crippen LogP) is 2.99. The smallest absolute Gasteiger partial charge is 0.242 e. The minimum absolute atomic E-state index is 0.0369. The molecule has 0 aliphatic carbocycles. The predicted molar refractivity (Wildman–Crippen MR) is 101 cm³/mol. The van der Waals surface area contributed by atoms with Crippen molar-refractivity contribution >= 4 is 11.8 Å². The van der Waals surface area contributed by atoms with E-state index in [0.717, 1.165) is 38.9 Å². The lowest BCUT2D eigenvalue weighted by Crippen LogP contribution is -2.64. The van der Waals surface area contributed by atoms with Crippen molar-refractivity contribution in [1.82, 2.24) is 15.5 Å². The molecule has 0 aromatic heterocycles. The standard InChI is InChI=1S/C20H37N3O2/c1-2-3-4-5-6-7-8-9-10-11-14-22-19(24)18-13-16-23(18)20(25)17-12-15-21-17/h17-18,21H,2-16H2,1H3,(H,22,24)/t17-,18-/m0/s1. The van der Waals surface area contributed by atoms with Crippen LogP contribution in [0.3, 0.4) is 0 Å². The van der Waals surface area contributed by atoms with Crippen molar-refractivity contribution in [3.63, 3.8) is 0 Å². The topological polar surface area (TPSA) is 61.4 Å². The minimum Gasteiger partial charge on any atom is -0.354 e. The van der Waals surface area contributed by atoms with Gasteiger partial charge in [-0.05, 0) is 25.8 Å². The van der Waals surface area contributed by atoms with E-state index in [2.05, 4.69) is 17.6 Å². The van der Waals surface area contributed by atoms with Crippen LogP contribution in [0.1, 0.15) is 84.0 Å². The number of unbranched alkanes of at least 4 members (excludes halogenated alkanes) is 9. The van der Waals surface area contributed by atoms with E-state index in [-0.39, 0.29) is 23.9 Å². The Labute approximate surface area is 153 Å². The van der Waals surface area contributed by atoms with E-state index in [9.17, 15) is 9.59 Å². The van der Waals surface area contributed by atoms with Crippen LogP contribution in [-0.4, -0.2) is 48.4 Å². The van der Waals surface area contributed by atoms with Gasteiger partial charge in [-0.25, -0.2) is 0 Å². The van der Waals surface area contributed by atoms with Crippen molar-refractivity contribution in [2.45, 2.75) is 96.1 Å². The monoisotopic (exact) mass is 351 g/mol. The van der Waals surface area contributed by atoms with Crippen molar-refractivity contribution in [3.8, 4) is 0 Å². The maximum Gasteiger partial charge on any atom is 0.242 e. The van der Waals surface area contributed by atoms with Gasteiger partial charge in [0.15, 0.2) is 0 Å². The van der Waals surface area contributed by atoms with Gasteiger partial charge in [-0.3, -0.25) is 9.59 Å². The van der Waals surface area contributed by atoms with Crippen LogP contribution in [0.5, 0.6) is 0 Å². The number of nitrogens with one attached hydrogen (secondary N) is 2. The quantitative estimate of drug-likeness (QED) is 0.502. The van der Waals surface area contributed by atoms with Gasteiger partial charge < -0.3 is 15.5 Å². The van der Waals surface area contributed by atoms with Crippen LogP contribution in [0.25, 0.3) is 0 Å². The molecule has 0 radical (unpaired) electrons. The van der Waals surface area contributed by atoms with Crippen LogP contribution < -0.4 is 10.6 Å². The molecule has 0 aromatic carbocycles. The zero-order valence-electron chi connectivity index (χ0n) is 16.0. The van der Waals surface area contributed by atoms with Gasteiger partial charge in [0, 0.05) is 13.1 Å². The normalized spacial score (nSPS) is 22.2. The Morgan fingerprint density at radius 2 is 1.56 bits per heavy atom. The number of nitrogens with zero attached hydrogens (tertiary/aromatic N) is 1. The molecule has 2 amide bonds. The maximum atomic E-state index is 12.2. The minimum atomic E-state index is -0.224. The molecule has 25 heavy (non-hydrogen) atoms. The van der Waals surface area contributed by atoms with Gasteiger partial charge in [0.2, 0.25) is 11.8 Å². The first kappa shape index (κ1) is 20.2. The van der Waals surface area contributed by atoms with Crippen molar-refractivity contribution in [1.29, 1.82) is 0 Å². The van der Waals surface area contributed by atoms with Crippen molar-refractivity contribution < 1.29 is 9.59 Å². The molecular weight excluding hydrogens is 314 g/mol. The lowest BCUT2D eigenvalue weighted by molar-refractivity contribution is -0.150. The Morgan fingerprint density at radius 1 is 0.960 bits per heavy atom. The molecule has 0 bridgehead atoms. The summed E-state index contributed by atoms with van der Waals surface area (Å²) < 4.78 is 0. The summed E-state index contributed by atoms with van der Waals surface area (Å²) in [6.07, 6.45) is 14.7. The largest absolute Gasteiger partial charge is 0.354 e. The fourth-order valence-electron chi connectivity index (χ4n) is 3.57. The molecule has 2 aliphatic rings. The molecule has 5 heteroatoms. The number of amides is 2. The summed E-state index contributed by atoms with van der Waals surface area (Å²) in [6.45, 7) is 4.65. The molecule has 2 fully saturated rings. The van der Waals surface area contributed by atoms with Gasteiger partial charge in [-0.2, -0.15) is 0 Å². The highest BCUT2D eigenvalue weighted by molar-refractivity contribution is 5.91. The molecule has 0 aromatic rings. The van der Waals surface area contributed by atoms with E-state index in [1.165, 1.54) is 57.8 Å². The molecule has 0 spiro atoms. The fourth-order valence-corrected chi connectivity index (χ4v) is 3.57. The molecule has 2 atom stereocenters. The highest BCUT2D eigenvalue weighted by Gasteiger charge is 2.41. The van der Waals surface area contributed by atoms with Crippen LogP contribution in [0.4, 0.5) is 0 Å². The number of rotatable bonds is 13. The van der Waals surface area contributed by atoms with Crippen molar-refractivity contribution in [2.24, 2.45) is 0 Å². The van der Waals surface area contributed by atoms with Crippen LogP contribution >= 0.6 is 0 Å². The van der Waals surface area contributed by atoms with E-state index in [1.54, 1.807) is 4.90 Å². The van der Waals surface area contributed by atoms with E-state index in [1.807, 2.05) is 0 Å². The second-order valence-electron chi connectivity index (χ2n) is 7.60. The van der Waals surface area contributed by atoms with E-state index < -0.39 is 0 Å². The Hall–Kier alpha value is -1.10. The Bertz CT molecular complexity index is 410. The van der Waals surface area contributed by atoms with Crippen LogP contribution in [0, 0.1) is 0 Å². The molecule has 2 heterocycles. The van der Waals surface area contributed by atoms with Crippen LogP contribution in [-0.2, 0) is 9.59 Å². The van der Waals surface area contributed by atoms with Crippen molar-refractivity contribution in [3.05, 3.63) is 0 Å². The Balaban J connectivity index is 1.43. The third-order valence-corrected chi connectivity index (χ3v) is 5.56. The van der Waals surface area contributed by atoms with Gasteiger partial charge in [-0.15, -0.1) is 0 Å². The fraction of sp³-hybridized carbons (Fsp3) is 0.900. The van der Waals surface area contributed by atoms with Gasteiger partial charge in [-0.1, -0.05) is 64.7 Å². The third-order valence-electron chi connectivity index (χ3n) is 5.56. The molecule has 2 saturated heterocycles. The highest BCUT2D eigenvalue weighted by atomic mass is 16.2. The summed E-state index contributed by atoms with van der Waals surface area (Å²) in [5.74, 6) is 0.145. The van der Waals surface area contributed by atoms with Gasteiger partial charge in [0.05, 0.1) is 6.04 Å². The number of carbonyl (C=O) groups excluding carboxylic acids is 2. The first-order valence-corrected chi connectivity index (χ1v) is 10.6. The maximum absolute atomic E-state index is 12.2. The SMILES string of the molecule is CCCCCCCCCCCCNC(=O)[C@@H]1CCN1C(=O)[C@@H]1CCN1. The summed E-state index contributed by atoms with van der Waals surface area (Å²) in [5.41, 5.74) is 0. The summed E-state index contributed by atoms with van der Waals surface area (Å²) in [6, 6.07) is -0.268. The molecule has 2 aliphatic heterocycles. The Kier molecular flexibility index (Phi) is 9.30. The molecule has 5 nitrogen and oxygen atoms in total. The first-order valence-electron chi connectivity index (χ1n) is 10.6. The lowest BCUT2D eigenvalue weighted by Gasteiger charge is -2.43. The van der Waals surface area contributed by atoms with E-state index >= 15 is 0 Å². The van der Waals surface area contributed by atoms with Gasteiger partial charge in [0.25, 0.3) is 0 Å². The van der Waals surface area contributed by atoms with Gasteiger partial charge >= 0.3 is 0 Å². The summed E-state index contributed by atoms with van der Waals surface area (Å²) in [4.78, 5) is 26.1. The first-order chi connectivity index (χ1) is 12.2.